The van der Waals surface area contributed by atoms with Crippen molar-refractivity contribution in [2.24, 2.45) is 5.41 Å². The van der Waals surface area contributed by atoms with E-state index < -0.39 is 5.78 Å². The summed E-state index contributed by atoms with van der Waals surface area (Å²) >= 11 is 0. The van der Waals surface area contributed by atoms with Crippen LogP contribution in [0.15, 0.2) is 65.8 Å². The molecule has 4 rings (SSSR count). The Kier molecular flexibility index (Phi) is 7.61. The molecular weight excluding hydrogens is 424 g/mol. The summed E-state index contributed by atoms with van der Waals surface area (Å²) in [5.41, 5.74) is 4.30. The Morgan fingerprint density at radius 1 is 0.824 bits per heavy atom. The number of aromatic hydroxyl groups is 2. The third-order valence-electron chi connectivity index (χ3n) is 6.26. The number of phenolic OH excluding ortho intramolecular Hbond substituents is 2. The molecule has 0 heterocycles. The molecule has 0 amide bonds. The van der Waals surface area contributed by atoms with E-state index in [1.54, 1.807) is 13.0 Å². The van der Waals surface area contributed by atoms with Gasteiger partial charge in [0.2, 0.25) is 5.78 Å². The second kappa shape index (κ2) is 10.3. The van der Waals surface area contributed by atoms with Crippen LogP contribution in [0.25, 0.3) is 0 Å². The number of carbonyl (C=O) groups is 2. The van der Waals surface area contributed by atoms with Gasteiger partial charge in [0.15, 0.2) is 5.78 Å². The highest BCUT2D eigenvalue weighted by Crippen LogP contribution is 2.36. The molecule has 0 aliphatic heterocycles. The Labute approximate surface area is 202 Å². The predicted molar refractivity (Wildman–Crippen MR) is 137 cm³/mol. The van der Waals surface area contributed by atoms with Crippen LogP contribution < -0.4 is 0 Å². The van der Waals surface area contributed by atoms with E-state index in [0.717, 1.165) is 12.8 Å². The van der Waals surface area contributed by atoms with Crippen molar-refractivity contribution < 1.29 is 19.8 Å². The number of benzene rings is 2. The molecule has 2 aromatic carbocycles. The largest absolute Gasteiger partial charge is 0.507 e. The van der Waals surface area contributed by atoms with Crippen molar-refractivity contribution in [3.8, 4) is 11.5 Å². The summed E-state index contributed by atoms with van der Waals surface area (Å²) in [5.74, 6) is -1.37. The summed E-state index contributed by atoms with van der Waals surface area (Å²) < 4.78 is 0. The van der Waals surface area contributed by atoms with E-state index in [0.29, 0.717) is 11.0 Å². The Morgan fingerprint density at radius 2 is 1.53 bits per heavy atom. The van der Waals surface area contributed by atoms with E-state index in [4.69, 9.17) is 0 Å². The summed E-state index contributed by atoms with van der Waals surface area (Å²) in [6.45, 7) is 10.8. The lowest BCUT2D eigenvalue weighted by Crippen LogP contribution is -2.21. The standard InChI is InChI=1S/C15H10O4.C15H24/c1-7-5-9-13(11(17)6-7)15(19)12-8(14(9)18)3-2-4-10(12)16;1-13-7-5-8-14(2)10-12-15(3,4)11-6-9-13/h2-6,16-17H,1H3;6-7,10-11H,5,8-9,12H2,1-4H3. The van der Waals surface area contributed by atoms with Crippen LogP contribution in [-0.2, 0) is 0 Å². The summed E-state index contributed by atoms with van der Waals surface area (Å²) in [4.78, 5) is 24.7. The van der Waals surface area contributed by atoms with Crippen LogP contribution in [0.1, 0.15) is 90.8 Å². The Hall–Kier alpha value is -3.40. The zero-order valence-corrected chi connectivity index (χ0v) is 20.7. The fourth-order valence-corrected chi connectivity index (χ4v) is 4.22. The highest BCUT2D eigenvalue weighted by Gasteiger charge is 2.34. The first-order chi connectivity index (χ1) is 16.0. The second-order valence-electron chi connectivity index (χ2n) is 10.0. The molecule has 0 atom stereocenters. The van der Waals surface area contributed by atoms with Gasteiger partial charge in [0.25, 0.3) is 0 Å². The van der Waals surface area contributed by atoms with E-state index in [2.05, 4.69) is 52.0 Å². The third-order valence-corrected chi connectivity index (χ3v) is 6.26. The normalized spacial score (nSPS) is 17.3. The zero-order valence-electron chi connectivity index (χ0n) is 20.7. The minimum absolute atomic E-state index is 0.0374. The molecule has 0 saturated heterocycles. The van der Waals surface area contributed by atoms with Gasteiger partial charge in [-0.1, -0.05) is 61.4 Å². The van der Waals surface area contributed by atoms with Crippen molar-refractivity contribution >= 4 is 11.6 Å². The van der Waals surface area contributed by atoms with Crippen LogP contribution in [0.2, 0.25) is 0 Å². The van der Waals surface area contributed by atoms with Crippen molar-refractivity contribution in [1.82, 2.24) is 0 Å². The van der Waals surface area contributed by atoms with Gasteiger partial charge in [-0.3, -0.25) is 9.59 Å². The lowest BCUT2D eigenvalue weighted by molar-refractivity contribution is 0.0974. The Balaban J connectivity index is 0.000000197. The van der Waals surface area contributed by atoms with Gasteiger partial charge in [0, 0.05) is 11.1 Å². The molecule has 4 heteroatoms. The molecule has 2 aromatic rings. The molecule has 0 unspecified atom stereocenters. The molecule has 0 spiro atoms. The van der Waals surface area contributed by atoms with Crippen molar-refractivity contribution in [3.05, 3.63) is 93.6 Å². The van der Waals surface area contributed by atoms with Gasteiger partial charge in [0.1, 0.15) is 11.5 Å². The monoisotopic (exact) mass is 458 g/mol. The number of aryl methyl sites for hydroxylation is 1. The molecule has 0 aromatic heterocycles. The molecule has 2 N–H and O–H groups in total. The first-order valence-corrected chi connectivity index (χ1v) is 11.7. The van der Waals surface area contributed by atoms with E-state index in [-0.39, 0.29) is 39.5 Å². The number of rotatable bonds is 0. The Morgan fingerprint density at radius 3 is 2.26 bits per heavy atom. The van der Waals surface area contributed by atoms with Gasteiger partial charge in [-0.2, -0.15) is 0 Å². The molecule has 0 saturated carbocycles. The van der Waals surface area contributed by atoms with Crippen LogP contribution >= 0.6 is 0 Å². The van der Waals surface area contributed by atoms with Crippen molar-refractivity contribution in [2.45, 2.75) is 60.3 Å². The van der Waals surface area contributed by atoms with Gasteiger partial charge in [-0.05, 0) is 75.6 Å². The predicted octanol–water partition coefficient (Wildman–Crippen LogP) is 7.22. The summed E-state index contributed by atoms with van der Waals surface area (Å²) in [7, 11) is 0. The molecule has 4 nitrogen and oxygen atoms in total. The maximum Gasteiger partial charge on any atom is 0.201 e. The average Bonchev–Trinajstić information content (AvgIpc) is 2.78. The van der Waals surface area contributed by atoms with Gasteiger partial charge in [-0.25, -0.2) is 0 Å². The maximum absolute atomic E-state index is 12.3. The number of allylic oxidation sites excluding steroid dienone is 6. The average molecular weight is 459 g/mol. The van der Waals surface area contributed by atoms with Crippen LogP contribution in [0.4, 0.5) is 0 Å². The molecule has 2 aliphatic rings. The Bertz CT molecular complexity index is 1210. The summed E-state index contributed by atoms with van der Waals surface area (Å²) in [6.07, 6.45) is 14.1. The lowest BCUT2D eigenvalue weighted by Gasteiger charge is -2.19. The van der Waals surface area contributed by atoms with E-state index in [9.17, 15) is 19.8 Å². The number of hydrogen-bond acceptors (Lipinski definition) is 4. The van der Waals surface area contributed by atoms with Gasteiger partial charge in [0.05, 0.1) is 11.1 Å². The summed E-state index contributed by atoms with van der Waals surface area (Å²) in [5, 5.41) is 19.6. The quantitative estimate of drug-likeness (QED) is 0.349. The number of hydrogen-bond donors (Lipinski definition) is 2. The van der Waals surface area contributed by atoms with E-state index in [1.807, 2.05) is 0 Å². The highest BCUT2D eigenvalue weighted by molar-refractivity contribution is 6.30. The lowest BCUT2D eigenvalue weighted by atomic mass is 9.82. The van der Waals surface area contributed by atoms with Crippen molar-refractivity contribution in [3.63, 3.8) is 0 Å². The van der Waals surface area contributed by atoms with Crippen LogP contribution in [0.5, 0.6) is 11.5 Å². The van der Waals surface area contributed by atoms with Gasteiger partial charge in [-0.15, -0.1) is 0 Å². The molecule has 34 heavy (non-hydrogen) atoms. The second-order valence-corrected chi connectivity index (χ2v) is 10.0. The third kappa shape index (κ3) is 5.74. The molecule has 2 aliphatic carbocycles. The fourth-order valence-electron chi connectivity index (χ4n) is 4.22. The van der Waals surface area contributed by atoms with Gasteiger partial charge < -0.3 is 10.2 Å². The molecular formula is C30H34O4. The van der Waals surface area contributed by atoms with Crippen molar-refractivity contribution in [1.29, 1.82) is 0 Å². The maximum atomic E-state index is 12.3. The first-order valence-electron chi connectivity index (χ1n) is 11.7. The number of phenols is 2. The topological polar surface area (TPSA) is 74.6 Å². The molecule has 0 fully saturated rings. The minimum atomic E-state index is -0.528. The number of fused-ring (bicyclic) bond motifs is 2. The van der Waals surface area contributed by atoms with Crippen molar-refractivity contribution in [2.75, 3.05) is 0 Å². The number of carbonyl (C=O) groups excluding carboxylic acids is 2. The van der Waals surface area contributed by atoms with Crippen LogP contribution in [0, 0.1) is 12.3 Å². The first kappa shape index (κ1) is 25.2. The van der Waals surface area contributed by atoms with E-state index in [1.165, 1.54) is 48.3 Å². The molecule has 178 valence electrons. The van der Waals surface area contributed by atoms with Crippen LogP contribution in [0.3, 0.4) is 0 Å². The fraction of sp³-hybridized carbons (Fsp3) is 0.333. The zero-order chi connectivity index (χ0) is 25.0. The number of ketones is 2. The SMILES string of the molecule is CC1=CCCC(C)=CCC(C)(C)C=CC1.Cc1cc(O)c2c(c1)C(=O)c1cccc(O)c1C2=O. The summed E-state index contributed by atoms with van der Waals surface area (Å²) in [6, 6.07) is 7.36. The van der Waals surface area contributed by atoms with Gasteiger partial charge >= 0.3 is 0 Å². The smallest absolute Gasteiger partial charge is 0.201 e. The molecule has 0 radical (unpaired) electrons. The molecule has 0 bridgehead atoms. The minimum Gasteiger partial charge on any atom is -0.507 e. The highest BCUT2D eigenvalue weighted by atomic mass is 16.3. The van der Waals surface area contributed by atoms with Crippen LogP contribution in [-0.4, -0.2) is 21.8 Å². The van der Waals surface area contributed by atoms with E-state index >= 15 is 0 Å².